The Morgan fingerprint density at radius 1 is 1.00 bits per heavy atom. The monoisotopic (exact) mass is 481 g/mol. The first-order valence-corrected chi connectivity index (χ1v) is 14.4. The van der Waals surface area contributed by atoms with Gasteiger partial charge in [0.25, 0.3) is 0 Å². The number of carbonyl (C=O) groups is 1. The Hall–Kier alpha value is -1.81. The van der Waals surface area contributed by atoms with Crippen molar-refractivity contribution in [1.82, 2.24) is 14.9 Å². The molecule has 1 aromatic rings. The first-order valence-electron chi connectivity index (χ1n) is 14.4. The van der Waals surface area contributed by atoms with E-state index in [4.69, 9.17) is 9.97 Å². The maximum atomic E-state index is 11.8. The van der Waals surface area contributed by atoms with Gasteiger partial charge in [-0.25, -0.2) is 9.97 Å². The largest absolute Gasteiger partial charge is 0.301 e. The molecule has 35 heavy (non-hydrogen) atoms. The summed E-state index contributed by atoms with van der Waals surface area (Å²) in [5.74, 6) is 1.35. The number of ketones is 1. The molecule has 0 aliphatic heterocycles. The molecule has 0 bridgehead atoms. The van der Waals surface area contributed by atoms with E-state index >= 15 is 0 Å². The third-order valence-corrected chi connectivity index (χ3v) is 7.47. The molecule has 0 unspecified atom stereocenters. The molecule has 0 aromatic carbocycles. The van der Waals surface area contributed by atoms with Gasteiger partial charge >= 0.3 is 0 Å². The van der Waals surface area contributed by atoms with Crippen molar-refractivity contribution in [3.63, 3.8) is 0 Å². The molecule has 0 amide bonds. The zero-order valence-electron chi connectivity index (χ0n) is 23.2. The molecule has 1 aromatic heterocycles. The van der Waals surface area contributed by atoms with E-state index in [2.05, 4.69) is 32.4 Å². The van der Waals surface area contributed by atoms with Crippen molar-refractivity contribution in [3.8, 4) is 0 Å². The minimum Gasteiger partial charge on any atom is -0.301 e. The predicted octanol–water partition coefficient (Wildman–Crippen LogP) is 8.21. The van der Waals surface area contributed by atoms with E-state index < -0.39 is 0 Å². The number of aromatic nitrogens is 2. The van der Waals surface area contributed by atoms with E-state index in [0.29, 0.717) is 12.3 Å². The molecule has 1 fully saturated rings. The summed E-state index contributed by atoms with van der Waals surface area (Å²) < 4.78 is 0. The highest BCUT2D eigenvalue weighted by atomic mass is 16.1. The molecule has 2 rings (SSSR count). The Labute approximate surface area is 215 Å². The van der Waals surface area contributed by atoms with Crippen LogP contribution in [-0.4, -0.2) is 34.2 Å². The topological polar surface area (TPSA) is 46.1 Å². The van der Waals surface area contributed by atoms with Crippen molar-refractivity contribution in [1.29, 1.82) is 0 Å². The van der Waals surface area contributed by atoms with Crippen LogP contribution in [-0.2, 0) is 17.8 Å². The minimum atomic E-state index is 0.0361. The van der Waals surface area contributed by atoms with Gasteiger partial charge in [0.2, 0.25) is 0 Å². The highest BCUT2D eigenvalue weighted by Gasteiger charge is 2.22. The van der Waals surface area contributed by atoms with Crippen molar-refractivity contribution < 1.29 is 4.79 Å². The standard InChI is InChI=1S/C31H51N3O/c1-6-9-18-23-34(5)24-29-28(8-3)30(26-19-16-14-12-10-11-13-15-17-20-26)33-31(32-29)25(4)21-22-27(35)7-2/h7,21,26H,2,6,8-20,22-24H2,1,3-5H3/b25-21+. The summed E-state index contributed by atoms with van der Waals surface area (Å²) in [5, 5.41) is 0. The van der Waals surface area contributed by atoms with Crippen LogP contribution in [0.5, 0.6) is 0 Å². The van der Waals surface area contributed by atoms with Crippen molar-refractivity contribution in [2.75, 3.05) is 13.6 Å². The second-order valence-electron chi connectivity index (χ2n) is 10.5. The van der Waals surface area contributed by atoms with Crippen LogP contribution in [0.3, 0.4) is 0 Å². The summed E-state index contributed by atoms with van der Waals surface area (Å²) in [6, 6.07) is 0. The summed E-state index contributed by atoms with van der Waals surface area (Å²) in [7, 11) is 2.22. The van der Waals surface area contributed by atoms with Crippen LogP contribution in [0.1, 0.15) is 139 Å². The summed E-state index contributed by atoms with van der Waals surface area (Å²) >= 11 is 0. The second-order valence-corrected chi connectivity index (χ2v) is 10.5. The average Bonchev–Trinajstić information content (AvgIpc) is 2.92. The summed E-state index contributed by atoms with van der Waals surface area (Å²) in [4.78, 5) is 24.6. The molecule has 0 radical (unpaired) electrons. The Kier molecular flexibility index (Phi) is 14.1. The van der Waals surface area contributed by atoms with Crippen LogP contribution >= 0.6 is 0 Å². The molecule has 0 atom stereocenters. The van der Waals surface area contributed by atoms with Gasteiger partial charge < -0.3 is 4.90 Å². The molecule has 1 aliphatic carbocycles. The normalized spacial score (nSPS) is 16.8. The van der Waals surface area contributed by atoms with Crippen molar-refractivity contribution >= 4 is 11.4 Å². The fraction of sp³-hybridized carbons (Fsp3) is 0.710. The van der Waals surface area contributed by atoms with Crippen molar-refractivity contribution in [2.24, 2.45) is 0 Å². The molecule has 196 valence electrons. The van der Waals surface area contributed by atoms with E-state index in [1.165, 1.54) is 106 Å². The molecule has 1 saturated carbocycles. The number of rotatable bonds is 12. The van der Waals surface area contributed by atoms with Crippen LogP contribution in [0.15, 0.2) is 18.7 Å². The minimum absolute atomic E-state index is 0.0361. The Morgan fingerprint density at radius 3 is 2.20 bits per heavy atom. The number of hydrogen-bond acceptors (Lipinski definition) is 4. The van der Waals surface area contributed by atoms with Crippen LogP contribution in [0.2, 0.25) is 0 Å². The average molecular weight is 482 g/mol. The molecular formula is C31H51N3O. The van der Waals surface area contributed by atoms with Gasteiger partial charge in [-0.1, -0.05) is 90.7 Å². The van der Waals surface area contributed by atoms with Gasteiger partial charge in [0, 0.05) is 18.9 Å². The fourth-order valence-corrected chi connectivity index (χ4v) is 5.23. The highest BCUT2D eigenvalue weighted by Crippen LogP contribution is 2.33. The third kappa shape index (κ3) is 10.4. The molecule has 0 spiro atoms. The summed E-state index contributed by atoms with van der Waals surface area (Å²) in [6.45, 7) is 12.1. The number of carbonyl (C=O) groups excluding carboxylic acids is 1. The Bertz CT molecular complexity index is 802. The first-order chi connectivity index (χ1) is 17.0. The van der Waals surface area contributed by atoms with Crippen LogP contribution in [0, 0.1) is 0 Å². The zero-order valence-corrected chi connectivity index (χ0v) is 23.2. The maximum absolute atomic E-state index is 11.8. The summed E-state index contributed by atoms with van der Waals surface area (Å²) in [6.07, 6.45) is 21.7. The van der Waals surface area contributed by atoms with Gasteiger partial charge in [-0.3, -0.25) is 4.79 Å². The van der Waals surface area contributed by atoms with E-state index in [1.54, 1.807) is 0 Å². The molecular weight excluding hydrogens is 430 g/mol. The van der Waals surface area contributed by atoms with Crippen molar-refractivity contribution in [2.45, 2.75) is 130 Å². The van der Waals surface area contributed by atoms with E-state index in [0.717, 1.165) is 30.9 Å². The molecule has 0 saturated heterocycles. The third-order valence-electron chi connectivity index (χ3n) is 7.47. The fourth-order valence-electron chi connectivity index (χ4n) is 5.23. The van der Waals surface area contributed by atoms with Crippen molar-refractivity contribution in [3.05, 3.63) is 41.5 Å². The Morgan fingerprint density at radius 2 is 1.63 bits per heavy atom. The highest BCUT2D eigenvalue weighted by molar-refractivity contribution is 5.91. The van der Waals surface area contributed by atoms with Crippen LogP contribution in [0.25, 0.3) is 5.57 Å². The van der Waals surface area contributed by atoms with E-state index in [9.17, 15) is 4.79 Å². The smallest absolute Gasteiger partial charge is 0.158 e. The van der Waals surface area contributed by atoms with Gasteiger partial charge in [0.05, 0.1) is 11.4 Å². The SMILES string of the molecule is C=CC(=O)C/C=C(\C)c1nc(CN(C)CCCCC)c(CC)c(C2CCCCCCCCCC2)n1. The lowest BCUT2D eigenvalue weighted by molar-refractivity contribution is -0.113. The van der Waals surface area contributed by atoms with Gasteiger partial charge in [-0.05, 0) is 63.4 Å². The maximum Gasteiger partial charge on any atom is 0.158 e. The van der Waals surface area contributed by atoms with E-state index in [-0.39, 0.29) is 5.78 Å². The lowest BCUT2D eigenvalue weighted by Crippen LogP contribution is -2.23. The molecule has 4 heteroatoms. The zero-order chi connectivity index (χ0) is 25.5. The predicted molar refractivity (Wildman–Crippen MR) is 150 cm³/mol. The molecule has 4 nitrogen and oxygen atoms in total. The first kappa shape index (κ1) is 29.4. The number of unbranched alkanes of at least 4 members (excludes halogenated alkanes) is 2. The lowest BCUT2D eigenvalue weighted by Gasteiger charge is -2.24. The van der Waals surface area contributed by atoms with Crippen LogP contribution < -0.4 is 0 Å². The lowest BCUT2D eigenvalue weighted by atomic mass is 9.88. The number of hydrogen-bond donors (Lipinski definition) is 0. The quantitative estimate of drug-likeness (QED) is 0.223. The van der Waals surface area contributed by atoms with Gasteiger partial charge in [-0.2, -0.15) is 0 Å². The van der Waals surface area contributed by atoms with Crippen LogP contribution in [0.4, 0.5) is 0 Å². The molecule has 0 N–H and O–H groups in total. The molecule has 1 aliphatic rings. The number of allylic oxidation sites excluding steroid dienone is 3. The molecule has 1 heterocycles. The number of nitrogens with zero attached hydrogens (tertiary/aromatic N) is 3. The van der Waals surface area contributed by atoms with E-state index in [1.807, 2.05) is 13.0 Å². The van der Waals surface area contributed by atoms with Gasteiger partial charge in [-0.15, -0.1) is 0 Å². The summed E-state index contributed by atoms with van der Waals surface area (Å²) in [5.41, 5.74) is 4.83. The second kappa shape index (κ2) is 16.8. The van der Waals surface area contributed by atoms with Gasteiger partial charge in [0.15, 0.2) is 11.6 Å². The van der Waals surface area contributed by atoms with Gasteiger partial charge in [0.1, 0.15) is 0 Å². The Balaban J connectivity index is 2.43.